The Morgan fingerprint density at radius 3 is 2.93 bits per heavy atom. The van der Waals surface area contributed by atoms with Crippen molar-refractivity contribution in [3.8, 4) is 0 Å². The highest BCUT2D eigenvalue weighted by molar-refractivity contribution is 8.00. The van der Waals surface area contributed by atoms with Crippen molar-refractivity contribution in [2.45, 2.75) is 11.8 Å². The minimum atomic E-state index is -0.733. The molecule has 0 fully saturated rings. The lowest BCUT2D eigenvalue weighted by Crippen LogP contribution is -2.28. The summed E-state index contributed by atoms with van der Waals surface area (Å²) in [5.74, 6) is -0.400. The number of aromatic amines is 2. The first-order chi connectivity index (χ1) is 7.15. The summed E-state index contributed by atoms with van der Waals surface area (Å²) in [5, 5.41) is 4.55. The molecule has 0 radical (unpaired) electrons. The summed E-state index contributed by atoms with van der Waals surface area (Å²) < 4.78 is 4.68. The fourth-order valence-corrected chi connectivity index (χ4v) is 1.57. The van der Waals surface area contributed by atoms with Gasteiger partial charge in [0.2, 0.25) is 0 Å². The smallest absolute Gasteiger partial charge is 0.316 e. The van der Waals surface area contributed by atoms with Crippen molar-refractivity contribution < 1.29 is 9.53 Å². The molecule has 0 aliphatic rings. The number of carbonyl (C=O) groups is 1. The fraction of sp³-hybridized carbons (Fsp3) is 0.375. The molecule has 1 aromatic rings. The van der Waals surface area contributed by atoms with E-state index in [9.17, 15) is 14.4 Å². The van der Waals surface area contributed by atoms with E-state index < -0.39 is 17.0 Å². The maximum absolute atomic E-state index is 11.2. The average molecular weight is 230 g/mol. The Kier molecular flexibility index (Phi) is 4.17. The molecular weight excluding hydrogens is 220 g/mol. The third-order valence-electron chi connectivity index (χ3n) is 1.47. The molecule has 0 bridgehead atoms. The van der Waals surface area contributed by atoms with Gasteiger partial charge in [0.15, 0.2) is 0 Å². The molecule has 0 unspecified atom stereocenters. The van der Waals surface area contributed by atoms with Gasteiger partial charge < -0.3 is 9.84 Å². The number of ether oxygens (including phenoxy) is 1. The van der Waals surface area contributed by atoms with Crippen LogP contribution in [0.4, 0.5) is 0 Å². The predicted molar refractivity (Wildman–Crippen MR) is 55.0 cm³/mol. The number of aromatic nitrogens is 2. The Hall–Kier alpha value is -1.50. The largest absolute Gasteiger partial charge is 0.465 e. The topological polar surface area (TPSA) is 92.0 Å². The van der Waals surface area contributed by atoms with Gasteiger partial charge in [-0.3, -0.25) is 19.5 Å². The summed E-state index contributed by atoms with van der Waals surface area (Å²) in [4.78, 5) is 33.3. The fourth-order valence-electron chi connectivity index (χ4n) is 0.848. The van der Waals surface area contributed by atoms with E-state index in [1.807, 2.05) is 0 Å². The molecule has 0 aliphatic carbocycles. The van der Waals surface area contributed by atoms with Gasteiger partial charge in [0.1, 0.15) is 0 Å². The van der Waals surface area contributed by atoms with Crippen LogP contribution in [0.1, 0.15) is 6.92 Å². The molecule has 0 saturated carbocycles. The van der Waals surface area contributed by atoms with E-state index in [4.69, 9.17) is 0 Å². The van der Waals surface area contributed by atoms with Crippen LogP contribution in [0.15, 0.2) is 20.7 Å². The van der Waals surface area contributed by atoms with Gasteiger partial charge in [-0.1, -0.05) is 0 Å². The zero-order valence-electron chi connectivity index (χ0n) is 8.03. The van der Waals surface area contributed by atoms with Crippen molar-refractivity contribution in [3.05, 3.63) is 26.8 Å². The van der Waals surface area contributed by atoms with E-state index in [1.54, 1.807) is 6.92 Å². The van der Waals surface area contributed by atoms with Crippen LogP contribution < -0.4 is 11.0 Å². The average Bonchev–Trinajstić information content (AvgIpc) is 2.21. The van der Waals surface area contributed by atoms with Gasteiger partial charge in [0, 0.05) is 6.20 Å². The molecule has 0 aliphatic heterocycles. The highest BCUT2D eigenvalue weighted by Crippen LogP contribution is 2.10. The van der Waals surface area contributed by atoms with Crippen molar-refractivity contribution in [1.82, 2.24) is 10.2 Å². The Balaban J connectivity index is 2.66. The Bertz CT molecular complexity index is 450. The molecule has 1 rings (SSSR count). The summed E-state index contributed by atoms with van der Waals surface area (Å²) >= 11 is 0.971. The summed E-state index contributed by atoms with van der Waals surface area (Å²) in [5.41, 5.74) is -1.38. The number of H-pyrrole nitrogens is 2. The Morgan fingerprint density at radius 2 is 2.27 bits per heavy atom. The van der Waals surface area contributed by atoms with E-state index in [1.165, 1.54) is 6.20 Å². The second-order valence-electron chi connectivity index (χ2n) is 2.53. The van der Waals surface area contributed by atoms with Gasteiger partial charge in [0.05, 0.1) is 17.3 Å². The van der Waals surface area contributed by atoms with Gasteiger partial charge in [0.25, 0.3) is 5.43 Å². The molecule has 82 valence electrons. The molecule has 15 heavy (non-hydrogen) atoms. The van der Waals surface area contributed by atoms with Crippen LogP contribution in [0.25, 0.3) is 0 Å². The quantitative estimate of drug-likeness (QED) is 0.421. The second kappa shape index (κ2) is 5.40. The van der Waals surface area contributed by atoms with Gasteiger partial charge in [-0.2, -0.15) is 0 Å². The molecule has 1 heterocycles. The van der Waals surface area contributed by atoms with Crippen molar-refractivity contribution in [2.75, 3.05) is 12.4 Å². The molecule has 0 saturated heterocycles. The van der Waals surface area contributed by atoms with Crippen LogP contribution in [0.2, 0.25) is 0 Å². The minimum absolute atomic E-state index is 0.0143. The van der Waals surface area contributed by atoms with Crippen LogP contribution in [0.3, 0.4) is 0 Å². The summed E-state index contributed by atoms with van der Waals surface area (Å²) in [6.45, 7) is 1.99. The van der Waals surface area contributed by atoms with Gasteiger partial charge in [-0.15, -0.1) is 11.8 Å². The number of hydrogen-bond donors (Lipinski definition) is 2. The molecule has 0 aromatic carbocycles. The van der Waals surface area contributed by atoms with E-state index in [2.05, 4.69) is 14.9 Å². The third kappa shape index (κ3) is 3.28. The first kappa shape index (κ1) is 11.6. The minimum Gasteiger partial charge on any atom is -0.465 e. The number of rotatable bonds is 4. The van der Waals surface area contributed by atoms with E-state index in [-0.39, 0.29) is 10.6 Å². The third-order valence-corrected chi connectivity index (χ3v) is 2.46. The molecule has 0 spiro atoms. The van der Waals surface area contributed by atoms with E-state index >= 15 is 0 Å². The predicted octanol–water partition coefficient (Wildman–Crippen LogP) is -0.282. The number of hydrogen-bond acceptors (Lipinski definition) is 5. The van der Waals surface area contributed by atoms with Crippen molar-refractivity contribution in [3.63, 3.8) is 0 Å². The second-order valence-corrected chi connectivity index (χ2v) is 3.55. The van der Waals surface area contributed by atoms with Crippen LogP contribution >= 0.6 is 11.8 Å². The maximum Gasteiger partial charge on any atom is 0.316 e. The van der Waals surface area contributed by atoms with Crippen molar-refractivity contribution in [1.29, 1.82) is 0 Å². The first-order valence-corrected chi connectivity index (χ1v) is 5.22. The molecule has 7 heteroatoms. The number of carbonyl (C=O) groups excluding carboxylic acids is 1. The normalized spacial score (nSPS) is 9.93. The van der Waals surface area contributed by atoms with E-state index in [0.29, 0.717) is 6.61 Å². The van der Waals surface area contributed by atoms with Crippen molar-refractivity contribution in [2.24, 2.45) is 0 Å². The van der Waals surface area contributed by atoms with Crippen molar-refractivity contribution >= 4 is 17.7 Å². The number of nitrogens with one attached hydrogen (secondary N) is 2. The zero-order valence-corrected chi connectivity index (χ0v) is 8.85. The standard InChI is InChI=1S/C8H10N2O4S/c1-2-14-6(11)4-15-5-3-9-10-8(13)7(5)12/h3H,2,4H2,1H3,(H,9,12)(H,10,13). The lowest BCUT2D eigenvalue weighted by atomic mass is 10.5. The van der Waals surface area contributed by atoms with Crippen LogP contribution in [-0.2, 0) is 9.53 Å². The molecule has 0 atom stereocenters. The number of thioether (sulfide) groups is 1. The maximum atomic E-state index is 11.2. The number of esters is 1. The Morgan fingerprint density at radius 1 is 1.53 bits per heavy atom. The lowest BCUT2D eigenvalue weighted by Gasteiger charge is -2.00. The summed E-state index contributed by atoms with van der Waals surface area (Å²) in [6.07, 6.45) is 1.34. The van der Waals surface area contributed by atoms with Crippen LogP contribution in [-0.4, -0.2) is 28.5 Å². The molecule has 2 N–H and O–H groups in total. The molecule has 0 amide bonds. The zero-order chi connectivity index (χ0) is 11.3. The monoisotopic (exact) mass is 230 g/mol. The van der Waals surface area contributed by atoms with E-state index in [0.717, 1.165) is 11.8 Å². The Labute approximate surface area is 89.0 Å². The summed E-state index contributed by atoms with van der Waals surface area (Å²) in [7, 11) is 0. The lowest BCUT2D eigenvalue weighted by molar-refractivity contribution is -0.139. The highest BCUT2D eigenvalue weighted by atomic mass is 32.2. The van der Waals surface area contributed by atoms with Gasteiger partial charge >= 0.3 is 11.5 Å². The highest BCUT2D eigenvalue weighted by Gasteiger charge is 2.07. The van der Waals surface area contributed by atoms with Gasteiger partial charge in [-0.05, 0) is 6.92 Å². The molecular formula is C8H10N2O4S. The molecule has 6 nitrogen and oxygen atoms in total. The molecule has 1 aromatic heterocycles. The van der Waals surface area contributed by atoms with Crippen LogP contribution in [0, 0.1) is 0 Å². The van der Waals surface area contributed by atoms with Crippen LogP contribution in [0.5, 0.6) is 0 Å². The summed E-state index contributed by atoms with van der Waals surface area (Å²) in [6, 6.07) is 0. The first-order valence-electron chi connectivity index (χ1n) is 4.24. The van der Waals surface area contributed by atoms with Gasteiger partial charge in [-0.25, -0.2) is 0 Å². The SMILES string of the molecule is CCOC(=O)CSc1c[nH][nH]c(=O)c1=O.